The van der Waals surface area contributed by atoms with Crippen molar-refractivity contribution in [2.75, 3.05) is 11.9 Å². The van der Waals surface area contributed by atoms with Crippen LogP contribution in [0.3, 0.4) is 0 Å². The minimum atomic E-state index is -0.353. The predicted octanol–water partition coefficient (Wildman–Crippen LogP) is 5.58. The lowest BCUT2D eigenvalue weighted by Gasteiger charge is -2.14. The van der Waals surface area contributed by atoms with Crippen molar-refractivity contribution in [2.45, 2.75) is 6.92 Å². The Morgan fingerprint density at radius 1 is 0.889 bits per heavy atom. The lowest BCUT2D eigenvalue weighted by atomic mass is 10.1. The van der Waals surface area contributed by atoms with Gasteiger partial charge in [-0.2, -0.15) is 0 Å². The molecular weight excluding hydrogens is 341 g/mol. The molecular formula is C22H18FN3O. The molecule has 1 heterocycles. The summed E-state index contributed by atoms with van der Waals surface area (Å²) in [5, 5.41) is 4.18. The lowest BCUT2D eigenvalue weighted by molar-refractivity contribution is 0.342. The standard InChI is InChI=1S/C22H18FN3O/c1-2-27-20-14-8-7-13-19(20)25-22-16-10-4-6-12-18(16)24-21(26-22)15-9-3-5-11-17(15)23/h3-14H,2H2,1H3,(H,24,25,26). The van der Waals surface area contributed by atoms with Crippen LogP contribution in [0, 0.1) is 5.82 Å². The molecule has 0 saturated heterocycles. The van der Waals surface area contributed by atoms with Gasteiger partial charge in [0.25, 0.3) is 0 Å². The Hall–Kier alpha value is -3.47. The van der Waals surface area contributed by atoms with Crippen molar-refractivity contribution < 1.29 is 9.13 Å². The Bertz CT molecular complexity index is 1100. The maximum atomic E-state index is 14.3. The molecule has 0 fully saturated rings. The van der Waals surface area contributed by atoms with Crippen molar-refractivity contribution in [2.24, 2.45) is 0 Å². The summed E-state index contributed by atoms with van der Waals surface area (Å²) in [6.07, 6.45) is 0. The highest BCUT2D eigenvalue weighted by Gasteiger charge is 2.13. The van der Waals surface area contributed by atoms with Crippen molar-refractivity contribution in [3.8, 4) is 17.1 Å². The molecule has 134 valence electrons. The molecule has 0 bridgehead atoms. The summed E-state index contributed by atoms with van der Waals surface area (Å²) in [5.41, 5.74) is 1.90. The van der Waals surface area contributed by atoms with E-state index in [4.69, 9.17) is 4.74 Å². The first-order chi connectivity index (χ1) is 13.3. The van der Waals surface area contributed by atoms with Gasteiger partial charge >= 0.3 is 0 Å². The molecule has 27 heavy (non-hydrogen) atoms. The molecule has 4 aromatic rings. The van der Waals surface area contributed by atoms with Crippen LogP contribution >= 0.6 is 0 Å². The van der Waals surface area contributed by atoms with Crippen LogP contribution in [0.2, 0.25) is 0 Å². The predicted molar refractivity (Wildman–Crippen MR) is 106 cm³/mol. The van der Waals surface area contributed by atoms with Crippen molar-refractivity contribution in [3.63, 3.8) is 0 Å². The SMILES string of the molecule is CCOc1ccccc1Nc1nc(-c2ccccc2F)nc2ccccc12. The van der Waals surface area contributed by atoms with Gasteiger partial charge in [0.1, 0.15) is 17.4 Å². The first-order valence-electron chi connectivity index (χ1n) is 8.77. The second kappa shape index (κ2) is 7.41. The van der Waals surface area contributed by atoms with Crippen molar-refractivity contribution in [1.82, 2.24) is 9.97 Å². The van der Waals surface area contributed by atoms with Crippen molar-refractivity contribution >= 4 is 22.4 Å². The first-order valence-corrected chi connectivity index (χ1v) is 8.77. The maximum absolute atomic E-state index is 14.3. The topological polar surface area (TPSA) is 47.0 Å². The first kappa shape index (κ1) is 17.0. The van der Waals surface area contributed by atoms with Gasteiger partial charge in [-0.1, -0.05) is 36.4 Å². The molecule has 0 aliphatic carbocycles. The molecule has 1 N–H and O–H groups in total. The Morgan fingerprint density at radius 2 is 1.63 bits per heavy atom. The number of rotatable bonds is 5. The van der Waals surface area contributed by atoms with Crippen LogP contribution in [0.25, 0.3) is 22.3 Å². The third-order valence-electron chi connectivity index (χ3n) is 4.16. The fraction of sp³-hybridized carbons (Fsp3) is 0.0909. The van der Waals surface area contributed by atoms with Crippen LogP contribution in [0.15, 0.2) is 72.8 Å². The van der Waals surface area contributed by atoms with Gasteiger partial charge in [0.05, 0.1) is 23.4 Å². The van der Waals surface area contributed by atoms with Crippen LogP contribution in [0.4, 0.5) is 15.9 Å². The number of para-hydroxylation sites is 3. The summed E-state index contributed by atoms with van der Waals surface area (Å²) in [4.78, 5) is 9.16. The molecule has 1 aromatic heterocycles. The van der Waals surface area contributed by atoms with E-state index in [1.54, 1.807) is 18.2 Å². The van der Waals surface area contributed by atoms with E-state index in [-0.39, 0.29) is 5.82 Å². The fourth-order valence-corrected chi connectivity index (χ4v) is 2.91. The van der Waals surface area contributed by atoms with Gasteiger partial charge in [0.2, 0.25) is 0 Å². The molecule has 0 unspecified atom stereocenters. The third kappa shape index (κ3) is 3.44. The number of nitrogens with zero attached hydrogens (tertiary/aromatic N) is 2. The normalized spacial score (nSPS) is 10.7. The van der Waals surface area contributed by atoms with Gasteiger partial charge in [-0.15, -0.1) is 0 Å². The van der Waals surface area contributed by atoms with Gasteiger partial charge < -0.3 is 10.1 Å². The van der Waals surface area contributed by atoms with Crippen LogP contribution < -0.4 is 10.1 Å². The van der Waals surface area contributed by atoms with E-state index in [1.165, 1.54) is 6.07 Å². The van der Waals surface area contributed by atoms with Gasteiger partial charge in [-0.05, 0) is 43.3 Å². The molecule has 0 spiro atoms. The van der Waals surface area contributed by atoms with Crippen LogP contribution in [0.5, 0.6) is 5.75 Å². The number of fused-ring (bicyclic) bond motifs is 1. The molecule has 0 saturated carbocycles. The van der Waals surface area contributed by atoms with E-state index in [0.717, 1.165) is 22.3 Å². The Kier molecular flexibility index (Phi) is 4.66. The number of nitrogens with one attached hydrogen (secondary N) is 1. The number of benzene rings is 3. The van der Waals surface area contributed by atoms with Crippen LogP contribution in [0.1, 0.15) is 6.92 Å². The van der Waals surface area contributed by atoms with E-state index >= 15 is 0 Å². The summed E-state index contributed by atoms with van der Waals surface area (Å²) in [6.45, 7) is 2.50. The highest BCUT2D eigenvalue weighted by molar-refractivity contribution is 5.92. The molecule has 3 aromatic carbocycles. The van der Waals surface area contributed by atoms with E-state index < -0.39 is 0 Å². The minimum Gasteiger partial charge on any atom is -0.492 e. The maximum Gasteiger partial charge on any atom is 0.165 e. The number of hydrogen-bond donors (Lipinski definition) is 1. The number of hydrogen-bond acceptors (Lipinski definition) is 4. The second-order valence-corrected chi connectivity index (χ2v) is 5.95. The van der Waals surface area contributed by atoms with Gasteiger partial charge in [-0.25, -0.2) is 14.4 Å². The number of aromatic nitrogens is 2. The second-order valence-electron chi connectivity index (χ2n) is 5.95. The average Bonchev–Trinajstić information content (AvgIpc) is 2.70. The summed E-state index contributed by atoms with van der Waals surface area (Å²) < 4.78 is 20.0. The summed E-state index contributed by atoms with van der Waals surface area (Å²) in [7, 11) is 0. The van der Waals surface area contributed by atoms with E-state index in [0.29, 0.717) is 23.8 Å². The quantitative estimate of drug-likeness (QED) is 0.505. The summed E-state index contributed by atoms with van der Waals surface area (Å²) in [5.74, 6) is 1.32. The number of ether oxygens (including phenoxy) is 1. The molecule has 4 nitrogen and oxygen atoms in total. The monoisotopic (exact) mass is 359 g/mol. The molecule has 4 rings (SSSR count). The Labute approximate surface area is 156 Å². The van der Waals surface area contributed by atoms with Crippen LogP contribution in [-0.2, 0) is 0 Å². The van der Waals surface area contributed by atoms with Gasteiger partial charge in [-0.3, -0.25) is 0 Å². The number of anilines is 2. The molecule has 0 aliphatic rings. The van der Waals surface area contributed by atoms with E-state index in [9.17, 15) is 4.39 Å². The molecule has 0 aliphatic heterocycles. The van der Waals surface area contributed by atoms with Crippen molar-refractivity contribution in [1.29, 1.82) is 0 Å². The Morgan fingerprint density at radius 3 is 2.48 bits per heavy atom. The van der Waals surface area contributed by atoms with E-state index in [2.05, 4.69) is 15.3 Å². The molecule has 0 radical (unpaired) electrons. The number of halogens is 1. The molecule has 0 atom stereocenters. The van der Waals surface area contributed by atoms with E-state index in [1.807, 2.05) is 55.5 Å². The molecule has 0 amide bonds. The van der Waals surface area contributed by atoms with Crippen LogP contribution in [-0.4, -0.2) is 16.6 Å². The van der Waals surface area contributed by atoms with Gasteiger partial charge in [0, 0.05) is 5.39 Å². The molecule has 5 heteroatoms. The summed E-state index contributed by atoms with van der Waals surface area (Å²) in [6, 6.07) is 21.8. The zero-order chi connectivity index (χ0) is 18.6. The zero-order valence-electron chi connectivity index (χ0n) is 14.8. The zero-order valence-corrected chi connectivity index (χ0v) is 14.8. The largest absolute Gasteiger partial charge is 0.492 e. The fourth-order valence-electron chi connectivity index (χ4n) is 2.91. The summed E-state index contributed by atoms with van der Waals surface area (Å²) >= 11 is 0. The smallest absolute Gasteiger partial charge is 0.165 e. The van der Waals surface area contributed by atoms with Crippen molar-refractivity contribution in [3.05, 3.63) is 78.6 Å². The highest BCUT2D eigenvalue weighted by atomic mass is 19.1. The highest BCUT2D eigenvalue weighted by Crippen LogP contribution is 2.31. The average molecular weight is 359 g/mol. The minimum absolute atomic E-state index is 0.336. The lowest BCUT2D eigenvalue weighted by Crippen LogP contribution is -2.02. The van der Waals surface area contributed by atoms with Gasteiger partial charge in [0.15, 0.2) is 5.82 Å². The third-order valence-corrected chi connectivity index (χ3v) is 4.16. The Balaban J connectivity index is 1.86.